The molecule has 1 aliphatic rings. The maximum Gasteiger partial charge on any atom is 0.253 e. The number of pyridine rings is 1. The second kappa shape index (κ2) is 8.41. The van der Waals surface area contributed by atoms with E-state index in [1.165, 1.54) is 6.33 Å². The number of aromatic amines is 1. The number of amides is 1. The van der Waals surface area contributed by atoms with E-state index >= 15 is 0 Å². The minimum atomic E-state index is 0.0788. The molecule has 30 heavy (non-hydrogen) atoms. The van der Waals surface area contributed by atoms with Crippen molar-refractivity contribution in [2.45, 2.75) is 10.9 Å². The number of rotatable bonds is 5. The maximum atomic E-state index is 12.9. The van der Waals surface area contributed by atoms with Gasteiger partial charge in [0.25, 0.3) is 5.91 Å². The Morgan fingerprint density at radius 2 is 1.93 bits per heavy atom. The molecule has 5 rings (SSSR count). The van der Waals surface area contributed by atoms with Crippen LogP contribution < -0.4 is 4.90 Å². The van der Waals surface area contributed by atoms with Gasteiger partial charge in [-0.3, -0.25) is 9.89 Å². The smallest absolute Gasteiger partial charge is 0.253 e. The Hall–Kier alpha value is -2.98. The summed E-state index contributed by atoms with van der Waals surface area (Å²) in [5.74, 6) is 0.856. The number of aromatic nitrogens is 5. The van der Waals surface area contributed by atoms with E-state index in [0.29, 0.717) is 13.1 Å². The highest BCUT2D eigenvalue weighted by atomic mass is 32.2. The van der Waals surface area contributed by atoms with Crippen LogP contribution in [-0.4, -0.2) is 62.1 Å². The first kappa shape index (κ1) is 19.0. The van der Waals surface area contributed by atoms with Crippen molar-refractivity contribution >= 4 is 44.5 Å². The number of anilines is 1. The third-order valence-corrected chi connectivity index (χ3v) is 6.95. The van der Waals surface area contributed by atoms with E-state index in [9.17, 15) is 4.79 Å². The van der Waals surface area contributed by atoms with E-state index in [1.54, 1.807) is 29.3 Å². The van der Waals surface area contributed by atoms with Crippen LogP contribution in [0.15, 0.2) is 54.1 Å². The molecule has 0 aliphatic carbocycles. The molecule has 8 nitrogen and oxygen atoms in total. The van der Waals surface area contributed by atoms with Gasteiger partial charge in [-0.15, -0.1) is 0 Å². The van der Waals surface area contributed by atoms with Gasteiger partial charge in [-0.2, -0.15) is 5.10 Å². The lowest BCUT2D eigenvalue weighted by Crippen LogP contribution is -2.48. The average Bonchev–Trinajstić information content (AvgIpc) is 3.47. The maximum absolute atomic E-state index is 12.9. The molecule has 152 valence electrons. The molecule has 1 fully saturated rings. The molecule has 1 aromatic carbocycles. The highest BCUT2D eigenvalue weighted by molar-refractivity contribution is 7.98. The van der Waals surface area contributed by atoms with Gasteiger partial charge in [-0.05, 0) is 29.8 Å². The molecule has 1 amide bonds. The van der Waals surface area contributed by atoms with Crippen LogP contribution >= 0.6 is 23.1 Å². The van der Waals surface area contributed by atoms with E-state index in [2.05, 4.69) is 30.0 Å². The fourth-order valence-corrected chi connectivity index (χ4v) is 5.03. The summed E-state index contributed by atoms with van der Waals surface area (Å²) in [7, 11) is 0. The van der Waals surface area contributed by atoms with Crippen LogP contribution in [0.4, 0.5) is 5.13 Å². The second-order valence-corrected chi connectivity index (χ2v) is 8.80. The van der Waals surface area contributed by atoms with E-state index in [4.69, 9.17) is 0 Å². The Labute approximate surface area is 181 Å². The average molecular weight is 438 g/mol. The number of hydrogen-bond acceptors (Lipinski definition) is 8. The van der Waals surface area contributed by atoms with Crippen LogP contribution in [0.2, 0.25) is 0 Å². The van der Waals surface area contributed by atoms with Crippen molar-refractivity contribution in [3.05, 3.63) is 60.0 Å². The number of nitrogens with one attached hydrogen (secondary N) is 1. The molecule has 1 N–H and O–H groups in total. The summed E-state index contributed by atoms with van der Waals surface area (Å²) in [6.45, 7) is 2.92. The second-order valence-electron chi connectivity index (χ2n) is 6.88. The lowest BCUT2D eigenvalue weighted by Gasteiger charge is -2.34. The zero-order valence-electron chi connectivity index (χ0n) is 16.1. The van der Waals surface area contributed by atoms with Crippen LogP contribution in [0.1, 0.15) is 15.9 Å². The topological polar surface area (TPSA) is 90.9 Å². The molecular weight excluding hydrogens is 418 g/mol. The molecule has 0 saturated carbocycles. The molecule has 0 unspecified atom stereocenters. The van der Waals surface area contributed by atoms with Gasteiger partial charge < -0.3 is 9.80 Å². The Kier molecular flexibility index (Phi) is 5.33. The monoisotopic (exact) mass is 437 g/mol. The Morgan fingerprint density at radius 3 is 2.67 bits per heavy atom. The predicted molar refractivity (Wildman–Crippen MR) is 118 cm³/mol. The van der Waals surface area contributed by atoms with Gasteiger partial charge in [-0.25, -0.2) is 15.0 Å². The molecule has 4 aromatic rings. The van der Waals surface area contributed by atoms with Crippen molar-refractivity contribution in [1.29, 1.82) is 0 Å². The number of nitrogens with zero attached hydrogens (tertiary/aromatic N) is 6. The number of piperazine rings is 1. The van der Waals surface area contributed by atoms with E-state index in [-0.39, 0.29) is 5.91 Å². The van der Waals surface area contributed by atoms with Gasteiger partial charge in [0.05, 0.1) is 0 Å². The number of carbonyl (C=O) groups excluding carboxylic acids is 1. The van der Waals surface area contributed by atoms with Crippen LogP contribution in [0.3, 0.4) is 0 Å². The largest absolute Gasteiger partial charge is 0.344 e. The van der Waals surface area contributed by atoms with Crippen molar-refractivity contribution in [3.63, 3.8) is 0 Å². The highest BCUT2D eigenvalue weighted by Crippen LogP contribution is 2.28. The lowest BCUT2D eigenvalue weighted by atomic mass is 10.1. The minimum absolute atomic E-state index is 0.0788. The predicted octanol–water partition coefficient (Wildman–Crippen LogP) is 3.06. The first-order valence-electron chi connectivity index (χ1n) is 9.59. The molecular formula is C20H19N7OS2. The van der Waals surface area contributed by atoms with Gasteiger partial charge in [0.1, 0.15) is 16.7 Å². The highest BCUT2D eigenvalue weighted by Gasteiger charge is 2.24. The molecule has 1 saturated heterocycles. The van der Waals surface area contributed by atoms with E-state index < -0.39 is 0 Å². The molecule has 1 aliphatic heterocycles. The summed E-state index contributed by atoms with van der Waals surface area (Å²) in [5, 5.41) is 8.44. The number of thiazole rings is 1. The van der Waals surface area contributed by atoms with E-state index in [0.717, 1.165) is 50.6 Å². The first-order valence-corrected chi connectivity index (χ1v) is 11.4. The fraction of sp³-hybridized carbons (Fsp3) is 0.250. The van der Waals surface area contributed by atoms with Crippen molar-refractivity contribution < 1.29 is 4.79 Å². The SMILES string of the molecule is O=C(c1ccc(CSc2ncn[nH]2)cc1)N1CCN(c2nc3cccnc3s2)CC1. The lowest BCUT2D eigenvalue weighted by molar-refractivity contribution is 0.0747. The third kappa shape index (κ3) is 4.01. The van der Waals surface area contributed by atoms with Gasteiger partial charge >= 0.3 is 0 Å². The summed E-state index contributed by atoms with van der Waals surface area (Å²) < 4.78 is 0. The van der Waals surface area contributed by atoms with Crippen molar-refractivity contribution in [1.82, 2.24) is 30.0 Å². The number of H-pyrrole nitrogens is 1. The summed E-state index contributed by atoms with van der Waals surface area (Å²) in [4.78, 5) is 31.1. The number of fused-ring (bicyclic) bond motifs is 1. The molecule has 4 heterocycles. The number of thioether (sulfide) groups is 1. The van der Waals surface area contributed by atoms with Crippen LogP contribution in [0.5, 0.6) is 0 Å². The third-order valence-electron chi connectivity index (χ3n) is 4.96. The molecule has 0 spiro atoms. The zero-order chi connectivity index (χ0) is 20.3. The minimum Gasteiger partial charge on any atom is -0.344 e. The molecule has 0 bridgehead atoms. The standard InChI is InChI=1S/C20H19N7OS2/c28-18(15-5-3-14(4-6-15)12-29-19-22-13-23-25-19)26-8-10-27(11-9-26)20-24-16-2-1-7-21-17(16)30-20/h1-7,13H,8-12H2,(H,22,23,25). The Bertz CT molecular complexity index is 1100. The first-order chi connectivity index (χ1) is 14.8. The molecule has 0 atom stereocenters. The van der Waals surface area contributed by atoms with Crippen molar-refractivity contribution in [2.75, 3.05) is 31.1 Å². The molecule has 0 radical (unpaired) electrons. The van der Waals surface area contributed by atoms with Gasteiger partial charge in [-0.1, -0.05) is 35.2 Å². The van der Waals surface area contributed by atoms with Gasteiger partial charge in [0, 0.05) is 43.7 Å². The van der Waals surface area contributed by atoms with Gasteiger partial charge in [0.15, 0.2) is 10.3 Å². The number of hydrogen-bond donors (Lipinski definition) is 1. The summed E-state index contributed by atoms with van der Waals surface area (Å²) in [6, 6.07) is 11.7. The summed E-state index contributed by atoms with van der Waals surface area (Å²) in [6.07, 6.45) is 3.29. The van der Waals surface area contributed by atoms with Crippen LogP contribution in [0.25, 0.3) is 10.3 Å². The number of carbonyl (C=O) groups is 1. The Morgan fingerprint density at radius 1 is 1.10 bits per heavy atom. The van der Waals surface area contributed by atoms with Crippen molar-refractivity contribution in [3.8, 4) is 0 Å². The van der Waals surface area contributed by atoms with Crippen molar-refractivity contribution in [2.24, 2.45) is 0 Å². The summed E-state index contributed by atoms with van der Waals surface area (Å²) >= 11 is 3.19. The van der Waals surface area contributed by atoms with Crippen LogP contribution in [0, 0.1) is 0 Å². The van der Waals surface area contributed by atoms with Gasteiger partial charge in [0.2, 0.25) is 0 Å². The number of benzene rings is 1. The Balaban J connectivity index is 1.18. The summed E-state index contributed by atoms with van der Waals surface area (Å²) in [5.41, 5.74) is 2.79. The normalized spacial score (nSPS) is 14.4. The quantitative estimate of drug-likeness (QED) is 0.480. The van der Waals surface area contributed by atoms with E-state index in [1.807, 2.05) is 41.3 Å². The van der Waals surface area contributed by atoms with Crippen LogP contribution in [-0.2, 0) is 5.75 Å². The fourth-order valence-electron chi connectivity index (χ4n) is 3.34. The molecule has 3 aromatic heterocycles. The zero-order valence-corrected chi connectivity index (χ0v) is 17.7. The molecule has 10 heteroatoms.